The molecule has 0 bridgehead atoms. The summed E-state index contributed by atoms with van der Waals surface area (Å²) in [5, 5.41) is 31.1. The van der Waals surface area contributed by atoms with Crippen molar-refractivity contribution >= 4 is 0 Å². The zero-order chi connectivity index (χ0) is 12.7. The summed E-state index contributed by atoms with van der Waals surface area (Å²) in [6.07, 6.45) is 7.84. The summed E-state index contributed by atoms with van der Waals surface area (Å²) in [7, 11) is 0. The maximum Gasteiger partial charge on any atom is 0.200 e. The van der Waals surface area contributed by atoms with Crippen molar-refractivity contribution in [1.82, 2.24) is 5.32 Å². The second-order valence-electron chi connectivity index (χ2n) is 3.78. The largest absolute Gasteiger partial charge is 0.504 e. The van der Waals surface area contributed by atoms with E-state index in [1.165, 1.54) is 6.07 Å². The normalized spacial score (nSPS) is 10.1. The molecule has 0 atom stereocenters. The Balaban J connectivity index is 2.38. The van der Waals surface area contributed by atoms with Crippen molar-refractivity contribution in [1.29, 1.82) is 0 Å². The highest BCUT2D eigenvalue weighted by Gasteiger charge is 2.09. The first-order valence-electron chi connectivity index (χ1n) is 5.53. The van der Waals surface area contributed by atoms with Gasteiger partial charge in [0.15, 0.2) is 11.5 Å². The van der Waals surface area contributed by atoms with Gasteiger partial charge in [0.05, 0.1) is 0 Å². The Kier molecular flexibility index (Phi) is 5.18. The zero-order valence-corrected chi connectivity index (χ0v) is 9.61. The van der Waals surface area contributed by atoms with Crippen molar-refractivity contribution in [3.8, 4) is 29.6 Å². The topological polar surface area (TPSA) is 72.7 Å². The van der Waals surface area contributed by atoms with Crippen LogP contribution < -0.4 is 5.32 Å². The summed E-state index contributed by atoms with van der Waals surface area (Å²) in [6.45, 7) is 1.23. The van der Waals surface area contributed by atoms with Crippen molar-refractivity contribution in [2.75, 3.05) is 6.54 Å². The first-order valence-corrected chi connectivity index (χ1v) is 5.53. The Morgan fingerprint density at radius 1 is 1.12 bits per heavy atom. The molecule has 0 spiro atoms. The number of hydrogen-bond acceptors (Lipinski definition) is 4. The van der Waals surface area contributed by atoms with E-state index in [0.717, 1.165) is 25.8 Å². The van der Waals surface area contributed by atoms with Crippen LogP contribution in [0, 0.1) is 12.3 Å². The van der Waals surface area contributed by atoms with Crippen molar-refractivity contribution in [2.24, 2.45) is 0 Å². The van der Waals surface area contributed by atoms with Gasteiger partial charge in [-0.05, 0) is 25.5 Å². The monoisotopic (exact) mass is 235 g/mol. The fourth-order valence-electron chi connectivity index (χ4n) is 1.45. The molecule has 1 aromatic rings. The van der Waals surface area contributed by atoms with Crippen LogP contribution in [0.4, 0.5) is 0 Å². The third kappa shape index (κ3) is 3.89. The van der Waals surface area contributed by atoms with Crippen molar-refractivity contribution in [3.63, 3.8) is 0 Å². The summed E-state index contributed by atoms with van der Waals surface area (Å²) < 4.78 is 0. The van der Waals surface area contributed by atoms with Crippen LogP contribution in [0.3, 0.4) is 0 Å². The summed E-state index contributed by atoms with van der Waals surface area (Å²) in [4.78, 5) is 0. The number of terminal acetylenes is 1. The minimum Gasteiger partial charge on any atom is -0.504 e. The number of aromatic hydroxyl groups is 3. The molecule has 4 N–H and O–H groups in total. The molecule has 0 amide bonds. The lowest BCUT2D eigenvalue weighted by molar-refractivity contribution is 0.364. The van der Waals surface area contributed by atoms with Gasteiger partial charge in [-0.2, -0.15) is 0 Å². The molecule has 0 fully saturated rings. The van der Waals surface area contributed by atoms with Gasteiger partial charge in [0, 0.05) is 18.5 Å². The maximum absolute atomic E-state index is 9.54. The maximum atomic E-state index is 9.54. The Hall–Kier alpha value is -1.86. The van der Waals surface area contributed by atoms with Crippen molar-refractivity contribution in [2.45, 2.75) is 25.8 Å². The number of unbranched alkanes of at least 4 members (excludes halogenated alkanes) is 2. The third-order valence-corrected chi connectivity index (χ3v) is 2.45. The summed E-state index contributed by atoms with van der Waals surface area (Å²) >= 11 is 0. The number of rotatable bonds is 6. The van der Waals surface area contributed by atoms with Crippen LogP contribution in [0.25, 0.3) is 0 Å². The van der Waals surface area contributed by atoms with Gasteiger partial charge in [0.25, 0.3) is 0 Å². The van der Waals surface area contributed by atoms with Gasteiger partial charge in [0.1, 0.15) is 0 Å². The van der Waals surface area contributed by atoms with Gasteiger partial charge in [-0.3, -0.25) is 0 Å². The Morgan fingerprint density at radius 2 is 1.88 bits per heavy atom. The minimum atomic E-state index is -0.475. The highest BCUT2D eigenvalue weighted by Crippen LogP contribution is 2.36. The second kappa shape index (κ2) is 6.66. The summed E-state index contributed by atoms with van der Waals surface area (Å²) in [6, 6.07) is 2.92. The van der Waals surface area contributed by atoms with Gasteiger partial charge >= 0.3 is 0 Å². The molecule has 4 nitrogen and oxygen atoms in total. The van der Waals surface area contributed by atoms with Crippen LogP contribution in [0.15, 0.2) is 12.1 Å². The van der Waals surface area contributed by atoms with Crippen LogP contribution in [0.2, 0.25) is 0 Å². The molecule has 17 heavy (non-hydrogen) atoms. The number of phenolic OH excluding ortho intramolecular Hbond substituents is 3. The van der Waals surface area contributed by atoms with Crippen LogP contribution in [0.5, 0.6) is 17.2 Å². The van der Waals surface area contributed by atoms with E-state index >= 15 is 0 Å². The fourth-order valence-corrected chi connectivity index (χ4v) is 1.45. The van der Waals surface area contributed by atoms with Crippen LogP contribution in [-0.2, 0) is 6.54 Å². The molecule has 0 saturated heterocycles. The Bertz CT molecular complexity index is 410. The molecular formula is C13H17NO3. The first-order chi connectivity index (χ1) is 8.16. The number of nitrogens with one attached hydrogen (secondary N) is 1. The van der Waals surface area contributed by atoms with E-state index in [1.807, 2.05) is 0 Å². The molecule has 0 aliphatic heterocycles. The zero-order valence-electron chi connectivity index (χ0n) is 9.61. The predicted molar refractivity (Wildman–Crippen MR) is 65.8 cm³/mol. The second-order valence-corrected chi connectivity index (χ2v) is 3.78. The molecular weight excluding hydrogens is 218 g/mol. The minimum absolute atomic E-state index is 0.277. The molecule has 0 heterocycles. The van der Waals surface area contributed by atoms with E-state index in [1.54, 1.807) is 6.07 Å². The third-order valence-electron chi connectivity index (χ3n) is 2.45. The van der Waals surface area contributed by atoms with E-state index in [-0.39, 0.29) is 11.5 Å². The van der Waals surface area contributed by atoms with Gasteiger partial charge < -0.3 is 20.6 Å². The average molecular weight is 235 g/mol. The van der Waals surface area contributed by atoms with E-state index in [9.17, 15) is 10.2 Å². The standard InChI is InChI=1S/C13H17NO3/c1-2-3-4-5-8-14-9-10-6-7-11(15)13(17)12(10)16/h1,6-7,14-17H,3-5,8-9H2. The number of benzene rings is 1. The van der Waals surface area contributed by atoms with E-state index in [2.05, 4.69) is 11.2 Å². The van der Waals surface area contributed by atoms with E-state index in [0.29, 0.717) is 12.1 Å². The first kappa shape index (κ1) is 13.2. The van der Waals surface area contributed by atoms with Gasteiger partial charge in [-0.1, -0.05) is 6.07 Å². The lowest BCUT2D eigenvalue weighted by atomic mass is 10.1. The number of hydrogen-bond donors (Lipinski definition) is 4. The summed E-state index contributed by atoms with van der Waals surface area (Å²) in [5.41, 5.74) is 0.553. The molecule has 0 aromatic heterocycles. The molecule has 0 aliphatic carbocycles. The van der Waals surface area contributed by atoms with Crippen molar-refractivity contribution in [3.05, 3.63) is 17.7 Å². The lowest BCUT2D eigenvalue weighted by Crippen LogP contribution is -2.14. The van der Waals surface area contributed by atoms with Gasteiger partial charge in [-0.25, -0.2) is 0 Å². The van der Waals surface area contributed by atoms with E-state index in [4.69, 9.17) is 11.5 Å². The Morgan fingerprint density at radius 3 is 2.59 bits per heavy atom. The molecule has 0 aliphatic rings. The molecule has 0 radical (unpaired) electrons. The quantitative estimate of drug-likeness (QED) is 0.344. The molecule has 1 rings (SSSR count). The SMILES string of the molecule is C#CCCCCNCc1ccc(O)c(O)c1O. The fraction of sp³-hybridized carbons (Fsp3) is 0.385. The predicted octanol–water partition coefficient (Wildman–Crippen LogP) is 1.70. The van der Waals surface area contributed by atoms with Crippen molar-refractivity contribution < 1.29 is 15.3 Å². The lowest BCUT2D eigenvalue weighted by Gasteiger charge is -2.08. The molecule has 0 saturated carbocycles. The van der Waals surface area contributed by atoms with Crippen LogP contribution in [-0.4, -0.2) is 21.9 Å². The highest BCUT2D eigenvalue weighted by atomic mass is 16.3. The highest BCUT2D eigenvalue weighted by molar-refractivity contribution is 5.52. The molecule has 92 valence electrons. The van der Waals surface area contributed by atoms with Crippen LogP contribution >= 0.6 is 0 Å². The molecule has 0 unspecified atom stereocenters. The number of phenols is 3. The van der Waals surface area contributed by atoms with Gasteiger partial charge in [0.2, 0.25) is 5.75 Å². The summed E-state index contributed by atoms with van der Waals surface area (Å²) in [5.74, 6) is 1.50. The molecule has 1 aromatic carbocycles. The smallest absolute Gasteiger partial charge is 0.200 e. The van der Waals surface area contributed by atoms with E-state index < -0.39 is 5.75 Å². The Labute approximate surface area is 101 Å². The molecule has 4 heteroatoms. The average Bonchev–Trinajstić information content (AvgIpc) is 2.33. The van der Waals surface area contributed by atoms with Crippen LogP contribution in [0.1, 0.15) is 24.8 Å². The van der Waals surface area contributed by atoms with Gasteiger partial charge in [-0.15, -0.1) is 12.3 Å².